The van der Waals surface area contributed by atoms with Crippen LogP contribution in [0.5, 0.6) is 0 Å². The minimum Gasteiger partial charge on any atom is -0.397 e. The van der Waals surface area contributed by atoms with Gasteiger partial charge in [-0.3, -0.25) is 4.79 Å². The molecule has 0 fully saturated rings. The molecule has 4 rings (SSSR count). The number of hydrogen-bond acceptors (Lipinski definition) is 5. The Morgan fingerprint density at radius 3 is 2.64 bits per heavy atom. The van der Waals surface area contributed by atoms with Crippen molar-refractivity contribution in [1.29, 1.82) is 0 Å². The van der Waals surface area contributed by atoms with Crippen LogP contribution in [0.1, 0.15) is 16.6 Å². The summed E-state index contributed by atoms with van der Waals surface area (Å²) >= 11 is 1.17. The van der Waals surface area contributed by atoms with Crippen molar-refractivity contribution in [1.82, 2.24) is 14.0 Å². The molecule has 2 N–H and O–H groups in total. The molecule has 0 aliphatic heterocycles. The number of ketones is 1. The molecule has 0 atom stereocenters. The summed E-state index contributed by atoms with van der Waals surface area (Å²) in [6.07, 6.45) is 0. The SMILES string of the molecule is CC(=O)c1sc2nc(=O)n3c4ccccc4n(C)c3c2c1N. The molecule has 0 aliphatic rings. The summed E-state index contributed by atoms with van der Waals surface area (Å²) in [6.45, 7) is 1.46. The normalized spacial score (nSPS) is 11.7. The smallest absolute Gasteiger partial charge is 0.355 e. The van der Waals surface area contributed by atoms with Crippen LogP contribution in [0, 0.1) is 0 Å². The fraction of sp³-hybridized carbons (Fsp3) is 0.133. The van der Waals surface area contributed by atoms with Crippen molar-refractivity contribution < 1.29 is 4.79 Å². The lowest BCUT2D eigenvalue weighted by Crippen LogP contribution is -2.16. The molecule has 3 heterocycles. The summed E-state index contributed by atoms with van der Waals surface area (Å²) < 4.78 is 3.46. The van der Waals surface area contributed by atoms with Crippen molar-refractivity contribution in [2.45, 2.75) is 6.92 Å². The number of nitrogen functional groups attached to an aromatic ring is 1. The maximum atomic E-state index is 12.4. The van der Waals surface area contributed by atoms with E-state index in [0.717, 1.165) is 11.0 Å². The van der Waals surface area contributed by atoms with Gasteiger partial charge in [0.2, 0.25) is 0 Å². The van der Waals surface area contributed by atoms with Crippen molar-refractivity contribution in [2.75, 3.05) is 5.73 Å². The van der Waals surface area contributed by atoms with E-state index in [1.807, 2.05) is 35.9 Å². The van der Waals surface area contributed by atoms with Crippen LogP contribution in [0.25, 0.3) is 26.9 Å². The first-order chi connectivity index (χ1) is 10.5. The van der Waals surface area contributed by atoms with Crippen LogP contribution in [0.3, 0.4) is 0 Å². The Morgan fingerprint density at radius 2 is 1.95 bits per heavy atom. The van der Waals surface area contributed by atoms with Gasteiger partial charge in [-0.25, -0.2) is 9.20 Å². The molecule has 1 aromatic carbocycles. The van der Waals surface area contributed by atoms with E-state index in [1.54, 1.807) is 4.40 Å². The van der Waals surface area contributed by atoms with E-state index < -0.39 is 0 Å². The highest BCUT2D eigenvalue weighted by atomic mass is 32.1. The molecular formula is C15H12N4O2S. The van der Waals surface area contributed by atoms with Crippen LogP contribution in [-0.2, 0) is 7.05 Å². The van der Waals surface area contributed by atoms with Crippen LogP contribution in [0.4, 0.5) is 5.69 Å². The third-order valence-electron chi connectivity index (χ3n) is 3.87. The number of carbonyl (C=O) groups is 1. The molecule has 0 saturated carbocycles. The zero-order valence-corrected chi connectivity index (χ0v) is 12.8. The molecule has 3 aromatic heterocycles. The van der Waals surface area contributed by atoms with Gasteiger partial charge >= 0.3 is 5.69 Å². The van der Waals surface area contributed by atoms with Gasteiger partial charge in [0.25, 0.3) is 0 Å². The Hall–Kier alpha value is -2.67. The number of aromatic nitrogens is 3. The van der Waals surface area contributed by atoms with Gasteiger partial charge in [0.15, 0.2) is 5.78 Å². The summed E-state index contributed by atoms with van der Waals surface area (Å²) in [7, 11) is 1.88. The number of carbonyl (C=O) groups excluding carboxylic acids is 1. The Balaban J connectivity index is 2.39. The lowest BCUT2D eigenvalue weighted by molar-refractivity contribution is 0.102. The summed E-state index contributed by atoms with van der Waals surface area (Å²) in [5.41, 5.74) is 8.54. The van der Waals surface area contributed by atoms with E-state index in [1.165, 1.54) is 18.3 Å². The first kappa shape index (κ1) is 13.0. The highest BCUT2D eigenvalue weighted by Crippen LogP contribution is 2.36. The molecular weight excluding hydrogens is 300 g/mol. The summed E-state index contributed by atoms with van der Waals surface area (Å²) in [5, 5.41) is 0.661. The molecule has 0 aliphatic carbocycles. The summed E-state index contributed by atoms with van der Waals surface area (Å²) in [4.78, 5) is 29.2. The quantitative estimate of drug-likeness (QED) is 0.546. The zero-order valence-electron chi connectivity index (χ0n) is 12.0. The number of benzene rings is 1. The lowest BCUT2D eigenvalue weighted by Gasteiger charge is -2.00. The van der Waals surface area contributed by atoms with Gasteiger partial charge in [0.05, 0.1) is 27.0 Å². The van der Waals surface area contributed by atoms with Crippen LogP contribution in [0.15, 0.2) is 29.1 Å². The molecule has 110 valence electrons. The number of imidazole rings is 1. The van der Waals surface area contributed by atoms with Crippen molar-refractivity contribution in [3.05, 3.63) is 39.6 Å². The number of rotatable bonds is 1. The Morgan fingerprint density at radius 1 is 1.27 bits per heavy atom. The average molecular weight is 312 g/mol. The lowest BCUT2D eigenvalue weighted by atomic mass is 10.2. The molecule has 22 heavy (non-hydrogen) atoms. The molecule has 0 unspecified atom stereocenters. The first-order valence-corrected chi connectivity index (χ1v) is 7.51. The molecule has 0 spiro atoms. The number of hydrogen-bond donors (Lipinski definition) is 1. The maximum absolute atomic E-state index is 12.4. The van der Waals surface area contributed by atoms with Gasteiger partial charge in [-0.2, -0.15) is 4.98 Å². The second kappa shape index (κ2) is 4.17. The van der Waals surface area contributed by atoms with E-state index in [4.69, 9.17) is 5.73 Å². The highest BCUT2D eigenvalue weighted by molar-refractivity contribution is 7.21. The van der Waals surface area contributed by atoms with Gasteiger partial charge < -0.3 is 10.3 Å². The predicted octanol–water partition coefficient (Wildman–Crippen LogP) is 2.19. The van der Waals surface area contributed by atoms with Gasteiger partial charge in [-0.1, -0.05) is 12.1 Å². The van der Waals surface area contributed by atoms with Crippen LogP contribution in [-0.4, -0.2) is 19.7 Å². The predicted molar refractivity (Wildman–Crippen MR) is 87.7 cm³/mol. The maximum Gasteiger partial charge on any atom is 0.355 e. The van der Waals surface area contributed by atoms with Crippen LogP contribution >= 0.6 is 11.3 Å². The topological polar surface area (TPSA) is 82.4 Å². The molecule has 0 saturated heterocycles. The van der Waals surface area contributed by atoms with Gasteiger partial charge in [0.1, 0.15) is 10.5 Å². The van der Waals surface area contributed by atoms with Gasteiger partial charge in [0, 0.05) is 14.0 Å². The number of anilines is 1. The van der Waals surface area contributed by atoms with Crippen molar-refractivity contribution >= 4 is 49.7 Å². The molecule has 7 heteroatoms. The Labute approximate surface area is 128 Å². The van der Waals surface area contributed by atoms with E-state index >= 15 is 0 Å². The monoisotopic (exact) mass is 312 g/mol. The van der Waals surface area contributed by atoms with E-state index in [9.17, 15) is 9.59 Å². The number of nitrogens with zero attached hydrogens (tertiary/aromatic N) is 3. The number of thiophene rings is 1. The highest BCUT2D eigenvalue weighted by Gasteiger charge is 2.21. The Kier molecular flexibility index (Phi) is 2.47. The second-order valence-electron chi connectivity index (χ2n) is 5.18. The Bertz CT molecular complexity index is 1150. The average Bonchev–Trinajstić information content (AvgIpc) is 2.96. The number of aryl methyl sites for hydroxylation is 1. The molecule has 0 amide bonds. The van der Waals surface area contributed by atoms with Gasteiger partial charge in [-0.05, 0) is 12.1 Å². The summed E-state index contributed by atoms with van der Waals surface area (Å²) in [6, 6.07) is 7.58. The van der Waals surface area contributed by atoms with E-state index in [0.29, 0.717) is 26.4 Å². The first-order valence-electron chi connectivity index (χ1n) is 6.69. The van der Waals surface area contributed by atoms with E-state index in [-0.39, 0.29) is 11.5 Å². The van der Waals surface area contributed by atoms with Crippen molar-refractivity contribution in [2.24, 2.45) is 7.05 Å². The van der Waals surface area contributed by atoms with Crippen LogP contribution < -0.4 is 11.4 Å². The minimum atomic E-state index is -0.365. The summed E-state index contributed by atoms with van der Waals surface area (Å²) in [5.74, 6) is -0.120. The molecule has 6 nitrogen and oxygen atoms in total. The third-order valence-corrected chi connectivity index (χ3v) is 5.07. The minimum absolute atomic E-state index is 0.120. The van der Waals surface area contributed by atoms with Gasteiger partial charge in [-0.15, -0.1) is 11.3 Å². The molecule has 4 aromatic rings. The fourth-order valence-corrected chi connectivity index (χ4v) is 3.89. The fourth-order valence-electron chi connectivity index (χ4n) is 2.91. The standard InChI is InChI=1S/C15H12N4O2S/c1-7(20)12-11(16)10-13(22-12)17-15(21)19-9-6-4-3-5-8(9)18(2)14(10)19/h3-6H,16H2,1-2H3. The third kappa shape index (κ3) is 1.46. The molecule has 0 radical (unpaired) electrons. The number of nitrogens with two attached hydrogens (primary N) is 1. The van der Waals surface area contributed by atoms with Crippen molar-refractivity contribution in [3.8, 4) is 0 Å². The second-order valence-corrected chi connectivity index (χ2v) is 6.18. The van der Waals surface area contributed by atoms with Crippen molar-refractivity contribution in [3.63, 3.8) is 0 Å². The number of Topliss-reactive ketones (excluding diaryl/α,β-unsaturated/α-hetero) is 1. The molecule has 0 bridgehead atoms. The number of para-hydroxylation sites is 2. The number of fused-ring (bicyclic) bond motifs is 5. The largest absolute Gasteiger partial charge is 0.397 e. The van der Waals surface area contributed by atoms with E-state index in [2.05, 4.69) is 4.98 Å². The zero-order chi connectivity index (χ0) is 15.6. The van der Waals surface area contributed by atoms with Crippen LogP contribution in [0.2, 0.25) is 0 Å².